The van der Waals surface area contributed by atoms with E-state index in [1.165, 1.54) is 18.3 Å². The molecule has 1 aliphatic rings. The van der Waals surface area contributed by atoms with E-state index in [1.54, 1.807) is 22.8 Å². The molecular formula is C24H25F2N3O3. The predicted octanol–water partition coefficient (Wildman–Crippen LogP) is 4.06. The lowest BCUT2D eigenvalue weighted by molar-refractivity contribution is 0.0694. The van der Waals surface area contributed by atoms with Crippen LogP contribution in [0.5, 0.6) is 0 Å². The van der Waals surface area contributed by atoms with Crippen molar-refractivity contribution in [2.75, 3.05) is 36.0 Å². The second kappa shape index (κ2) is 7.93. The molecule has 4 rings (SSSR count). The molecule has 168 valence electrons. The molecule has 0 saturated carbocycles. The number of anilines is 2. The van der Waals surface area contributed by atoms with Gasteiger partial charge in [0.1, 0.15) is 17.2 Å². The number of carboxylic acids is 1. The summed E-state index contributed by atoms with van der Waals surface area (Å²) in [6.07, 6.45) is 1.33. The Morgan fingerprint density at radius 1 is 0.969 bits per heavy atom. The third-order valence-corrected chi connectivity index (χ3v) is 5.84. The fourth-order valence-electron chi connectivity index (χ4n) is 4.14. The van der Waals surface area contributed by atoms with Crippen molar-refractivity contribution >= 4 is 28.2 Å². The molecule has 6 nitrogen and oxygen atoms in total. The molecule has 1 aliphatic heterocycles. The molecule has 8 heteroatoms. The van der Waals surface area contributed by atoms with Crippen molar-refractivity contribution in [1.29, 1.82) is 0 Å². The third-order valence-electron chi connectivity index (χ3n) is 5.84. The number of halogens is 2. The number of rotatable bonds is 3. The molecule has 0 radical (unpaired) electrons. The van der Waals surface area contributed by atoms with Gasteiger partial charge in [-0.25, -0.2) is 13.6 Å². The van der Waals surface area contributed by atoms with Crippen molar-refractivity contribution < 1.29 is 18.7 Å². The number of carbonyl (C=O) groups is 1. The van der Waals surface area contributed by atoms with Crippen LogP contribution in [-0.4, -0.2) is 41.8 Å². The van der Waals surface area contributed by atoms with E-state index in [9.17, 15) is 19.1 Å². The highest BCUT2D eigenvalue weighted by atomic mass is 19.1. The standard InChI is InChI=1S/C24H25F2N3O3/c1-24(2,3)29-14-18(23(31)32)22(30)17-12-19(26)21(13-20(17)29)28-10-8-27(9-11-28)16-6-4-15(25)5-7-16/h4-7,12-14H,8-11H2,1-3H3,(H,31,32). The third kappa shape index (κ3) is 3.92. The van der Waals surface area contributed by atoms with E-state index < -0.39 is 22.8 Å². The van der Waals surface area contributed by atoms with Gasteiger partial charge in [0.25, 0.3) is 0 Å². The van der Waals surface area contributed by atoms with Gasteiger partial charge in [-0.05, 0) is 57.2 Å². The number of piperazine rings is 1. The van der Waals surface area contributed by atoms with Crippen molar-refractivity contribution in [3.8, 4) is 0 Å². The van der Waals surface area contributed by atoms with Crippen molar-refractivity contribution in [3.05, 3.63) is 70.0 Å². The van der Waals surface area contributed by atoms with E-state index in [1.807, 2.05) is 25.7 Å². The van der Waals surface area contributed by atoms with Gasteiger partial charge in [-0.2, -0.15) is 0 Å². The summed E-state index contributed by atoms with van der Waals surface area (Å²) < 4.78 is 30.0. The first-order valence-electron chi connectivity index (χ1n) is 10.4. The first-order valence-corrected chi connectivity index (χ1v) is 10.4. The lowest BCUT2D eigenvalue weighted by Crippen LogP contribution is -2.46. The van der Waals surface area contributed by atoms with E-state index >= 15 is 4.39 Å². The summed E-state index contributed by atoms with van der Waals surface area (Å²) in [4.78, 5) is 28.3. The Kier molecular flexibility index (Phi) is 5.40. The van der Waals surface area contributed by atoms with Crippen LogP contribution in [0.1, 0.15) is 31.1 Å². The van der Waals surface area contributed by atoms with E-state index in [0.717, 1.165) is 11.8 Å². The van der Waals surface area contributed by atoms with Gasteiger partial charge in [0.2, 0.25) is 5.43 Å². The molecule has 0 spiro atoms. The summed E-state index contributed by atoms with van der Waals surface area (Å²) in [6, 6.07) is 9.07. The molecule has 1 fully saturated rings. The van der Waals surface area contributed by atoms with Crippen LogP contribution in [0, 0.1) is 11.6 Å². The number of benzene rings is 2. The van der Waals surface area contributed by atoms with Crippen LogP contribution in [0.4, 0.5) is 20.2 Å². The Morgan fingerprint density at radius 2 is 1.56 bits per heavy atom. The van der Waals surface area contributed by atoms with Gasteiger partial charge in [0, 0.05) is 49.0 Å². The highest BCUT2D eigenvalue weighted by Crippen LogP contribution is 2.30. The summed E-state index contributed by atoms with van der Waals surface area (Å²) in [5.74, 6) is -2.19. The van der Waals surface area contributed by atoms with Gasteiger partial charge in [0.05, 0.1) is 11.2 Å². The summed E-state index contributed by atoms with van der Waals surface area (Å²) in [5.41, 5.74) is 0.175. The molecule has 0 atom stereocenters. The topological polar surface area (TPSA) is 65.8 Å². The zero-order valence-electron chi connectivity index (χ0n) is 18.2. The van der Waals surface area contributed by atoms with Crippen LogP contribution in [0.2, 0.25) is 0 Å². The lowest BCUT2D eigenvalue weighted by atomic mass is 10.0. The minimum absolute atomic E-state index is 0.0472. The monoisotopic (exact) mass is 441 g/mol. The smallest absolute Gasteiger partial charge is 0.341 e. The first kappa shape index (κ1) is 21.8. The Labute approximate surface area is 184 Å². The van der Waals surface area contributed by atoms with E-state index in [2.05, 4.69) is 4.90 Å². The number of carboxylic acid groups (broad SMARTS) is 1. The second-order valence-corrected chi connectivity index (χ2v) is 8.99. The normalized spacial score (nSPS) is 14.8. The van der Waals surface area contributed by atoms with Crippen LogP contribution >= 0.6 is 0 Å². The number of aromatic carboxylic acids is 1. The average molecular weight is 441 g/mol. The molecule has 2 aromatic carbocycles. The molecule has 0 aliphatic carbocycles. The summed E-state index contributed by atoms with van der Waals surface area (Å²) >= 11 is 0. The zero-order valence-corrected chi connectivity index (χ0v) is 18.2. The number of aromatic nitrogens is 1. The number of hydrogen-bond donors (Lipinski definition) is 1. The minimum atomic E-state index is -1.34. The summed E-state index contributed by atoms with van der Waals surface area (Å²) in [5, 5.41) is 9.48. The number of hydrogen-bond acceptors (Lipinski definition) is 4. The van der Waals surface area contributed by atoms with Gasteiger partial charge >= 0.3 is 5.97 Å². The molecule has 0 amide bonds. The molecule has 1 saturated heterocycles. The first-order chi connectivity index (χ1) is 15.1. The van der Waals surface area contributed by atoms with Crippen LogP contribution in [0.25, 0.3) is 10.9 Å². The maximum absolute atomic E-state index is 15.1. The molecule has 3 aromatic rings. The molecule has 32 heavy (non-hydrogen) atoms. The van der Waals surface area contributed by atoms with Gasteiger partial charge in [-0.1, -0.05) is 0 Å². The SMILES string of the molecule is CC(C)(C)n1cc(C(=O)O)c(=O)c2cc(F)c(N3CCN(c4ccc(F)cc4)CC3)cc21. The zero-order chi connectivity index (χ0) is 23.2. The molecule has 0 bridgehead atoms. The van der Waals surface area contributed by atoms with Gasteiger partial charge < -0.3 is 19.5 Å². The van der Waals surface area contributed by atoms with Crippen molar-refractivity contribution in [2.24, 2.45) is 0 Å². The van der Waals surface area contributed by atoms with Crippen LogP contribution < -0.4 is 15.2 Å². The Bertz CT molecular complexity index is 1240. The van der Waals surface area contributed by atoms with Gasteiger partial charge in [-0.3, -0.25) is 4.79 Å². The Hall–Kier alpha value is -3.42. The largest absolute Gasteiger partial charge is 0.477 e. The van der Waals surface area contributed by atoms with E-state index in [0.29, 0.717) is 37.4 Å². The van der Waals surface area contributed by atoms with E-state index in [-0.39, 0.29) is 16.8 Å². The highest BCUT2D eigenvalue weighted by molar-refractivity contribution is 5.93. The molecular weight excluding hydrogens is 416 g/mol. The molecule has 1 N–H and O–H groups in total. The van der Waals surface area contributed by atoms with Crippen LogP contribution in [-0.2, 0) is 5.54 Å². The quantitative estimate of drug-likeness (QED) is 0.664. The Morgan fingerprint density at radius 3 is 2.12 bits per heavy atom. The highest BCUT2D eigenvalue weighted by Gasteiger charge is 2.25. The number of fused-ring (bicyclic) bond motifs is 1. The van der Waals surface area contributed by atoms with Gasteiger partial charge in [-0.15, -0.1) is 0 Å². The number of pyridine rings is 1. The summed E-state index contributed by atoms with van der Waals surface area (Å²) in [7, 11) is 0. The Balaban J connectivity index is 1.72. The predicted molar refractivity (Wildman–Crippen MR) is 121 cm³/mol. The number of nitrogens with zero attached hydrogens (tertiary/aromatic N) is 3. The van der Waals surface area contributed by atoms with Gasteiger partial charge in [0.15, 0.2) is 0 Å². The van der Waals surface area contributed by atoms with Crippen molar-refractivity contribution in [3.63, 3.8) is 0 Å². The maximum Gasteiger partial charge on any atom is 0.341 e. The lowest BCUT2D eigenvalue weighted by Gasteiger charge is -2.37. The summed E-state index contributed by atoms with van der Waals surface area (Å²) in [6.45, 7) is 8.05. The van der Waals surface area contributed by atoms with Crippen LogP contribution in [0.15, 0.2) is 47.4 Å². The second-order valence-electron chi connectivity index (χ2n) is 8.99. The van der Waals surface area contributed by atoms with Crippen LogP contribution in [0.3, 0.4) is 0 Å². The molecule has 0 unspecified atom stereocenters. The fourth-order valence-corrected chi connectivity index (χ4v) is 4.14. The average Bonchev–Trinajstić information content (AvgIpc) is 2.73. The van der Waals surface area contributed by atoms with Crippen molar-refractivity contribution in [2.45, 2.75) is 26.3 Å². The molecule has 2 heterocycles. The van der Waals surface area contributed by atoms with E-state index in [4.69, 9.17) is 0 Å². The fraction of sp³-hybridized carbons (Fsp3) is 0.333. The van der Waals surface area contributed by atoms with Crippen molar-refractivity contribution in [1.82, 2.24) is 4.57 Å². The molecule has 1 aromatic heterocycles. The maximum atomic E-state index is 15.1. The minimum Gasteiger partial charge on any atom is -0.477 e.